The third kappa shape index (κ3) is 6.23. The normalized spacial score (nSPS) is 10.4. The topological polar surface area (TPSA) is 97.7 Å². The van der Waals surface area contributed by atoms with Crippen LogP contribution in [-0.4, -0.2) is 42.4 Å². The van der Waals surface area contributed by atoms with Gasteiger partial charge in [-0.1, -0.05) is 6.08 Å². The third-order valence-corrected chi connectivity index (χ3v) is 3.11. The Morgan fingerprint density at radius 2 is 2.08 bits per heavy atom. The summed E-state index contributed by atoms with van der Waals surface area (Å²) in [5.74, 6) is 1.07. The Bertz CT molecular complexity index is 775. The predicted octanol–water partition coefficient (Wildman–Crippen LogP) is 1.92. The summed E-state index contributed by atoms with van der Waals surface area (Å²) in [4.78, 5) is 20.2. The molecule has 0 saturated carbocycles. The second-order valence-corrected chi connectivity index (χ2v) is 5.20. The minimum Gasteiger partial charge on any atom is -0.497 e. The van der Waals surface area contributed by atoms with Crippen molar-refractivity contribution in [1.29, 1.82) is 0 Å². The lowest BCUT2D eigenvalue weighted by Crippen LogP contribution is -2.25. The van der Waals surface area contributed by atoms with Gasteiger partial charge in [0.2, 0.25) is 11.8 Å². The van der Waals surface area contributed by atoms with E-state index in [2.05, 4.69) is 32.4 Å². The van der Waals surface area contributed by atoms with Crippen LogP contribution in [0, 0.1) is 6.92 Å². The zero-order chi connectivity index (χ0) is 18.8. The van der Waals surface area contributed by atoms with E-state index in [1.54, 1.807) is 19.3 Å². The van der Waals surface area contributed by atoms with Crippen molar-refractivity contribution in [3.63, 3.8) is 0 Å². The van der Waals surface area contributed by atoms with Crippen molar-refractivity contribution in [1.82, 2.24) is 15.4 Å². The van der Waals surface area contributed by atoms with Gasteiger partial charge in [-0.2, -0.15) is 10.1 Å². The number of carbonyl (C=O) groups is 1. The van der Waals surface area contributed by atoms with E-state index in [1.807, 2.05) is 31.2 Å². The molecule has 0 unspecified atom stereocenters. The van der Waals surface area contributed by atoms with Gasteiger partial charge in [-0.3, -0.25) is 4.79 Å². The van der Waals surface area contributed by atoms with Gasteiger partial charge in [-0.15, -0.1) is 6.58 Å². The number of rotatable bonds is 9. The Labute approximate surface area is 152 Å². The molecule has 1 heterocycles. The Kier molecular flexibility index (Phi) is 7.11. The minimum atomic E-state index is -0.397. The number of ether oxygens (including phenoxy) is 2. The first-order valence-electron chi connectivity index (χ1n) is 7.90. The highest BCUT2D eigenvalue weighted by atomic mass is 16.5. The van der Waals surface area contributed by atoms with E-state index in [0.717, 1.165) is 17.0 Å². The van der Waals surface area contributed by atoms with Crippen molar-refractivity contribution in [3.05, 3.63) is 54.2 Å². The fraction of sp³-hybridized carbons (Fsp3) is 0.222. The lowest BCUT2D eigenvalue weighted by Gasteiger charge is -2.07. The molecule has 0 saturated heterocycles. The molecule has 1 amide bonds. The van der Waals surface area contributed by atoms with Crippen LogP contribution < -0.4 is 20.2 Å². The van der Waals surface area contributed by atoms with Crippen molar-refractivity contribution in [3.8, 4) is 11.6 Å². The van der Waals surface area contributed by atoms with E-state index < -0.39 is 5.91 Å². The number of nitrogens with zero attached hydrogens (tertiary/aromatic N) is 3. The molecular formula is C18H21N5O3. The Morgan fingerprint density at radius 1 is 1.31 bits per heavy atom. The molecule has 26 heavy (non-hydrogen) atoms. The monoisotopic (exact) mass is 355 g/mol. The van der Waals surface area contributed by atoms with Gasteiger partial charge >= 0.3 is 0 Å². The van der Waals surface area contributed by atoms with Crippen molar-refractivity contribution >= 4 is 18.1 Å². The molecule has 0 bridgehead atoms. The van der Waals surface area contributed by atoms with Crippen LogP contribution in [0.25, 0.3) is 0 Å². The highest BCUT2D eigenvalue weighted by Crippen LogP contribution is 2.12. The lowest BCUT2D eigenvalue weighted by atomic mass is 10.2. The molecule has 2 N–H and O–H groups in total. The zero-order valence-electron chi connectivity index (χ0n) is 14.7. The van der Waals surface area contributed by atoms with E-state index in [0.29, 0.717) is 18.4 Å². The molecule has 0 fully saturated rings. The predicted molar refractivity (Wildman–Crippen MR) is 99.7 cm³/mol. The van der Waals surface area contributed by atoms with Gasteiger partial charge in [0.25, 0.3) is 5.91 Å². The van der Waals surface area contributed by atoms with Crippen LogP contribution in [0.4, 0.5) is 5.95 Å². The number of methoxy groups -OCH3 is 1. The fourth-order valence-corrected chi connectivity index (χ4v) is 1.90. The van der Waals surface area contributed by atoms with Crippen LogP contribution in [0.5, 0.6) is 11.6 Å². The molecule has 0 aliphatic heterocycles. The quantitative estimate of drug-likeness (QED) is 0.405. The second-order valence-electron chi connectivity index (χ2n) is 5.20. The van der Waals surface area contributed by atoms with Crippen LogP contribution in [0.1, 0.15) is 11.3 Å². The third-order valence-electron chi connectivity index (χ3n) is 3.11. The number of anilines is 1. The second kappa shape index (κ2) is 9.77. The standard InChI is InChI=1S/C18H21N5O3/c1-4-9-19-18-21-13(2)10-17(22-18)26-12-16(24)23-20-11-14-5-7-15(25-3)8-6-14/h4-8,10-11H,1,9,12H2,2-3H3,(H,23,24)(H,19,21,22). The highest BCUT2D eigenvalue weighted by molar-refractivity contribution is 5.83. The van der Waals surface area contributed by atoms with Crippen LogP contribution >= 0.6 is 0 Å². The molecule has 0 radical (unpaired) electrons. The molecule has 0 spiro atoms. The van der Waals surface area contributed by atoms with Crippen molar-refractivity contribution in [2.75, 3.05) is 25.6 Å². The number of aromatic nitrogens is 2. The number of aryl methyl sites for hydroxylation is 1. The maximum atomic E-state index is 11.8. The average Bonchev–Trinajstić information content (AvgIpc) is 2.65. The molecule has 0 aliphatic rings. The summed E-state index contributed by atoms with van der Waals surface area (Å²) in [6, 6.07) is 8.91. The van der Waals surface area contributed by atoms with E-state index in [9.17, 15) is 4.79 Å². The first-order valence-corrected chi connectivity index (χ1v) is 7.90. The van der Waals surface area contributed by atoms with Crippen LogP contribution in [-0.2, 0) is 4.79 Å². The fourth-order valence-electron chi connectivity index (χ4n) is 1.90. The molecule has 0 aliphatic carbocycles. The number of hydrogen-bond donors (Lipinski definition) is 2. The molecular weight excluding hydrogens is 334 g/mol. The summed E-state index contributed by atoms with van der Waals surface area (Å²) >= 11 is 0. The van der Waals surface area contributed by atoms with E-state index in [-0.39, 0.29) is 6.61 Å². The van der Waals surface area contributed by atoms with Crippen LogP contribution in [0.3, 0.4) is 0 Å². The lowest BCUT2D eigenvalue weighted by molar-refractivity contribution is -0.123. The largest absolute Gasteiger partial charge is 0.497 e. The van der Waals surface area contributed by atoms with Crippen LogP contribution in [0.2, 0.25) is 0 Å². The number of carbonyl (C=O) groups excluding carboxylic acids is 1. The van der Waals surface area contributed by atoms with Crippen LogP contribution in [0.15, 0.2) is 48.1 Å². The van der Waals surface area contributed by atoms with Gasteiger partial charge in [0.1, 0.15) is 5.75 Å². The maximum absolute atomic E-state index is 11.8. The van der Waals surface area contributed by atoms with Gasteiger partial charge in [0, 0.05) is 18.3 Å². The smallest absolute Gasteiger partial charge is 0.278 e. The minimum absolute atomic E-state index is 0.211. The Balaban J connectivity index is 1.83. The van der Waals surface area contributed by atoms with E-state index >= 15 is 0 Å². The molecule has 8 heteroatoms. The summed E-state index contributed by atoms with van der Waals surface area (Å²) in [7, 11) is 1.60. The number of nitrogens with one attached hydrogen (secondary N) is 2. The summed E-state index contributed by atoms with van der Waals surface area (Å²) in [5, 5.41) is 6.85. The molecule has 8 nitrogen and oxygen atoms in total. The van der Waals surface area contributed by atoms with Gasteiger partial charge in [-0.05, 0) is 36.8 Å². The first kappa shape index (κ1) is 18.9. The molecule has 1 aromatic heterocycles. The average molecular weight is 355 g/mol. The van der Waals surface area contributed by atoms with Gasteiger partial charge in [0.15, 0.2) is 6.61 Å². The maximum Gasteiger partial charge on any atom is 0.278 e. The molecule has 2 rings (SSSR count). The number of amides is 1. The molecule has 136 valence electrons. The summed E-state index contributed by atoms with van der Waals surface area (Å²) < 4.78 is 10.5. The summed E-state index contributed by atoms with van der Waals surface area (Å²) in [6.45, 7) is 5.75. The SMILES string of the molecule is C=CCNc1nc(C)cc(OCC(=O)NN=Cc2ccc(OC)cc2)n1. The molecule has 0 atom stereocenters. The van der Waals surface area contributed by atoms with Crippen molar-refractivity contribution in [2.45, 2.75) is 6.92 Å². The summed E-state index contributed by atoms with van der Waals surface area (Å²) in [6.07, 6.45) is 3.23. The van der Waals surface area contributed by atoms with Gasteiger partial charge in [0.05, 0.1) is 13.3 Å². The summed E-state index contributed by atoms with van der Waals surface area (Å²) in [5.41, 5.74) is 3.95. The Hall–Kier alpha value is -3.42. The molecule has 1 aromatic carbocycles. The van der Waals surface area contributed by atoms with Gasteiger partial charge in [-0.25, -0.2) is 10.4 Å². The van der Waals surface area contributed by atoms with Crippen molar-refractivity contribution < 1.29 is 14.3 Å². The van der Waals surface area contributed by atoms with E-state index in [1.165, 1.54) is 6.21 Å². The number of benzene rings is 1. The van der Waals surface area contributed by atoms with E-state index in [4.69, 9.17) is 9.47 Å². The number of hydrogen-bond acceptors (Lipinski definition) is 7. The number of hydrazone groups is 1. The van der Waals surface area contributed by atoms with Gasteiger partial charge < -0.3 is 14.8 Å². The first-order chi connectivity index (χ1) is 12.6. The Morgan fingerprint density at radius 3 is 2.77 bits per heavy atom. The zero-order valence-corrected chi connectivity index (χ0v) is 14.7. The highest BCUT2D eigenvalue weighted by Gasteiger charge is 2.06. The molecule has 2 aromatic rings. The van der Waals surface area contributed by atoms with Crippen molar-refractivity contribution in [2.24, 2.45) is 5.10 Å².